The number of ketones is 2. The van der Waals surface area contributed by atoms with Gasteiger partial charge in [0.25, 0.3) is 0 Å². The lowest BCUT2D eigenvalue weighted by molar-refractivity contribution is -0.121. The molecule has 6 heteroatoms. The van der Waals surface area contributed by atoms with Gasteiger partial charge >= 0.3 is 0 Å². The van der Waals surface area contributed by atoms with E-state index < -0.39 is 0 Å². The lowest BCUT2D eigenvalue weighted by Crippen LogP contribution is -2.23. The van der Waals surface area contributed by atoms with Crippen LogP contribution < -0.4 is 0 Å². The Balaban J connectivity index is 0. The molecule has 0 N–H and O–H groups in total. The maximum atomic E-state index is 12.4. The molecule has 1 aromatic carbocycles. The van der Waals surface area contributed by atoms with Crippen molar-refractivity contribution >= 4 is 42.5 Å². The number of benzene rings is 1. The molecule has 0 aliphatic rings. The van der Waals surface area contributed by atoms with Crippen LogP contribution in [0.1, 0.15) is 18.4 Å². The van der Waals surface area contributed by atoms with Gasteiger partial charge in [0.2, 0.25) is 0 Å². The Hall–Kier alpha value is -1.20. The Morgan fingerprint density at radius 1 is 0.833 bits per heavy atom. The summed E-state index contributed by atoms with van der Waals surface area (Å²) < 4.78 is 0. The van der Waals surface area contributed by atoms with E-state index in [0.717, 1.165) is 5.56 Å². The van der Waals surface area contributed by atoms with Crippen molar-refractivity contribution in [1.29, 1.82) is 0 Å². The Kier molecular flexibility index (Phi) is 13.7. The quantitative estimate of drug-likeness (QED) is 0.378. The molecule has 0 saturated carbocycles. The first-order valence-corrected chi connectivity index (χ1v) is 7.52. The van der Waals surface area contributed by atoms with E-state index in [2.05, 4.69) is 0 Å². The van der Waals surface area contributed by atoms with Crippen molar-refractivity contribution in [3.05, 3.63) is 41.5 Å². The molecule has 0 fully saturated rings. The van der Waals surface area contributed by atoms with Gasteiger partial charge in [-0.05, 0) is 39.8 Å². The van der Waals surface area contributed by atoms with Crippen molar-refractivity contribution in [3.63, 3.8) is 0 Å². The largest absolute Gasteiger partial charge is 0.309 e. The molecule has 0 spiro atoms. The van der Waals surface area contributed by atoms with Gasteiger partial charge in [-0.15, -0.1) is 24.8 Å². The highest BCUT2D eigenvalue weighted by molar-refractivity contribution is 6.23. The van der Waals surface area contributed by atoms with Crippen molar-refractivity contribution in [1.82, 2.24) is 9.80 Å². The molecule has 0 aliphatic carbocycles. The first kappa shape index (κ1) is 25.0. The highest BCUT2D eigenvalue weighted by atomic mass is 35.5. The Labute approximate surface area is 157 Å². The minimum absolute atomic E-state index is 0. The second-order valence-electron chi connectivity index (χ2n) is 5.92. The van der Waals surface area contributed by atoms with Crippen LogP contribution in [0.25, 0.3) is 6.08 Å². The predicted molar refractivity (Wildman–Crippen MR) is 105 cm³/mol. The average molecular weight is 375 g/mol. The van der Waals surface area contributed by atoms with E-state index in [4.69, 9.17) is 0 Å². The van der Waals surface area contributed by atoms with Gasteiger partial charge in [-0.3, -0.25) is 9.59 Å². The van der Waals surface area contributed by atoms with Crippen LogP contribution in [-0.2, 0) is 9.59 Å². The van der Waals surface area contributed by atoms with E-state index in [0.29, 0.717) is 31.5 Å². The summed E-state index contributed by atoms with van der Waals surface area (Å²) in [6, 6.07) is 9.52. The molecule has 4 nitrogen and oxygen atoms in total. The summed E-state index contributed by atoms with van der Waals surface area (Å²) in [6.45, 7) is 1.29. The molecule has 1 rings (SSSR count). The standard InChI is InChI=1S/C18H26N2O2.2ClH/c1-19(2)12-10-17(21)16(18(22)11-13-20(3)4)14-15-8-6-5-7-9-15;;/h5-9,14H,10-13H2,1-4H3;2*1H. The van der Waals surface area contributed by atoms with Crippen molar-refractivity contribution in [2.75, 3.05) is 41.3 Å². The number of carbonyl (C=O) groups excluding carboxylic acids is 2. The van der Waals surface area contributed by atoms with Crippen molar-refractivity contribution in [3.8, 4) is 0 Å². The zero-order valence-corrected chi connectivity index (χ0v) is 16.5. The normalized spacial score (nSPS) is 9.92. The molecular weight excluding hydrogens is 347 g/mol. The molecule has 0 unspecified atom stereocenters. The van der Waals surface area contributed by atoms with Crippen LogP contribution in [0.5, 0.6) is 0 Å². The third-order valence-corrected chi connectivity index (χ3v) is 3.28. The minimum Gasteiger partial charge on any atom is -0.309 e. The molecule has 0 saturated heterocycles. The fourth-order valence-corrected chi connectivity index (χ4v) is 1.95. The lowest BCUT2D eigenvalue weighted by Gasteiger charge is -2.12. The molecule has 0 atom stereocenters. The second-order valence-corrected chi connectivity index (χ2v) is 5.92. The fourth-order valence-electron chi connectivity index (χ4n) is 1.95. The molecule has 0 bridgehead atoms. The van der Waals surface area contributed by atoms with E-state index >= 15 is 0 Å². The SMILES string of the molecule is CN(C)CCC(=O)C(=Cc1ccccc1)C(=O)CCN(C)C.Cl.Cl. The third kappa shape index (κ3) is 9.83. The lowest BCUT2D eigenvalue weighted by atomic mass is 9.98. The fraction of sp³-hybridized carbons (Fsp3) is 0.444. The number of Topliss-reactive ketones (excluding diaryl/α,β-unsaturated/α-hetero) is 2. The van der Waals surface area contributed by atoms with Crippen LogP contribution in [0.15, 0.2) is 35.9 Å². The number of allylic oxidation sites excluding steroid dienone is 1. The third-order valence-electron chi connectivity index (χ3n) is 3.28. The maximum Gasteiger partial charge on any atom is 0.167 e. The van der Waals surface area contributed by atoms with E-state index in [1.807, 2.05) is 68.3 Å². The van der Waals surface area contributed by atoms with Crippen LogP contribution in [0, 0.1) is 0 Å². The van der Waals surface area contributed by atoms with Gasteiger partial charge in [-0.25, -0.2) is 0 Å². The summed E-state index contributed by atoms with van der Waals surface area (Å²) in [7, 11) is 7.67. The number of rotatable bonds is 9. The molecule has 0 aliphatic heterocycles. The van der Waals surface area contributed by atoms with Gasteiger partial charge in [0, 0.05) is 25.9 Å². The van der Waals surface area contributed by atoms with Gasteiger partial charge < -0.3 is 9.80 Å². The summed E-state index contributed by atoms with van der Waals surface area (Å²) in [6.07, 6.45) is 2.44. The van der Waals surface area contributed by atoms with Gasteiger partial charge in [0.15, 0.2) is 11.6 Å². The predicted octanol–water partition coefficient (Wildman–Crippen LogP) is 2.96. The molecule has 136 valence electrons. The second kappa shape index (κ2) is 13.1. The van der Waals surface area contributed by atoms with E-state index in [-0.39, 0.29) is 36.4 Å². The number of halogens is 2. The van der Waals surface area contributed by atoms with E-state index in [9.17, 15) is 9.59 Å². The number of carbonyl (C=O) groups is 2. The zero-order valence-electron chi connectivity index (χ0n) is 14.8. The van der Waals surface area contributed by atoms with Gasteiger partial charge in [0.1, 0.15) is 0 Å². The summed E-state index contributed by atoms with van der Waals surface area (Å²) in [5.41, 5.74) is 1.20. The summed E-state index contributed by atoms with van der Waals surface area (Å²) in [5, 5.41) is 0. The van der Waals surface area contributed by atoms with Crippen molar-refractivity contribution in [2.45, 2.75) is 12.8 Å². The van der Waals surface area contributed by atoms with E-state index in [1.54, 1.807) is 6.08 Å². The smallest absolute Gasteiger partial charge is 0.167 e. The zero-order chi connectivity index (χ0) is 16.5. The van der Waals surface area contributed by atoms with Crippen LogP contribution in [0.2, 0.25) is 0 Å². The Morgan fingerprint density at radius 3 is 1.62 bits per heavy atom. The highest BCUT2D eigenvalue weighted by Gasteiger charge is 2.18. The monoisotopic (exact) mass is 374 g/mol. The molecule has 0 amide bonds. The summed E-state index contributed by atoms with van der Waals surface area (Å²) >= 11 is 0. The van der Waals surface area contributed by atoms with Crippen LogP contribution in [-0.4, -0.2) is 62.6 Å². The Morgan fingerprint density at radius 2 is 1.25 bits per heavy atom. The molecule has 1 aromatic rings. The van der Waals surface area contributed by atoms with Crippen molar-refractivity contribution < 1.29 is 9.59 Å². The highest BCUT2D eigenvalue weighted by Crippen LogP contribution is 2.12. The van der Waals surface area contributed by atoms with Gasteiger partial charge in [0.05, 0.1) is 5.57 Å². The summed E-state index contributed by atoms with van der Waals surface area (Å²) in [5.74, 6) is -0.164. The minimum atomic E-state index is -0.0821. The van der Waals surface area contributed by atoms with Crippen LogP contribution in [0.3, 0.4) is 0 Å². The van der Waals surface area contributed by atoms with Crippen LogP contribution >= 0.6 is 24.8 Å². The first-order valence-electron chi connectivity index (χ1n) is 7.52. The molecule has 0 aromatic heterocycles. The molecule has 0 heterocycles. The Bertz CT molecular complexity index is 503. The van der Waals surface area contributed by atoms with E-state index in [1.165, 1.54) is 0 Å². The maximum absolute atomic E-state index is 12.4. The molecule has 24 heavy (non-hydrogen) atoms. The van der Waals surface area contributed by atoms with Gasteiger partial charge in [-0.2, -0.15) is 0 Å². The summed E-state index contributed by atoms with van der Waals surface area (Å²) in [4.78, 5) is 28.7. The number of nitrogens with zero attached hydrogens (tertiary/aromatic N) is 2. The van der Waals surface area contributed by atoms with Crippen LogP contribution in [0.4, 0.5) is 0 Å². The average Bonchev–Trinajstić information content (AvgIpc) is 2.48. The number of hydrogen-bond donors (Lipinski definition) is 0. The van der Waals surface area contributed by atoms with Crippen molar-refractivity contribution in [2.24, 2.45) is 0 Å². The molecular formula is C18H28Cl2N2O2. The number of hydrogen-bond acceptors (Lipinski definition) is 4. The first-order chi connectivity index (χ1) is 10.4. The topological polar surface area (TPSA) is 40.6 Å². The van der Waals surface area contributed by atoms with Gasteiger partial charge in [-0.1, -0.05) is 30.3 Å². The molecule has 0 radical (unpaired) electrons.